The van der Waals surface area contributed by atoms with Crippen molar-refractivity contribution >= 4 is 43.6 Å². The van der Waals surface area contributed by atoms with Crippen LogP contribution in [0.2, 0.25) is 0 Å². The number of nitrogens with zero attached hydrogens (tertiary/aromatic N) is 2. The molecular formula is C13H13Br2N3O. The van der Waals surface area contributed by atoms with Crippen molar-refractivity contribution in [3.8, 4) is 0 Å². The molecule has 19 heavy (non-hydrogen) atoms. The van der Waals surface area contributed by atoms with E-state index in [9.17, 15) is 4.79 Å². The molecule has 0 aliphatic heterocycles. The zero-order chi connectivity index (χ0) is 14.0. The summed E-state index contributed by atoms with van der Waals surface area (Å²) in [6.07, 6.45) is 3.54. The summed E-state index contributed by atoms with van der Waals surface area (Å²) in [5, 5.41) is 2.78. The lowest BCUT2D eigenvalue weighted by atomic mass is 10.3. The minimum Gasteiger partial charge on any atom is -0.340 e. The van der Waals surface area contributed by atoms with Gasteiger partial charge in [-0.15, -0.1) is 0 Å². The topological polar surface area (TPSA) is 46.9 Å². The molecule has 0 unspecified atom stereocenters. The average Bonchev–Trinajstić information content (AvgIpc) is 2.74. The zero-order valence-electron chi connectivity index (χ0n) is 10.5. The van der Waals surface area contributed by atoms with Gasteiger partial charge < -0.3 is 9.88 Å². The Bertz CT molecular complexity index is 590. The van der Waals surface area contributed by atoms with Crippen LogP contribution in [-0.2, 0) is 0 Å². The maximum Gasteiger partial charge on any atom is 0.273 e. The van der Waals surface area contributed by atoms with Gasteiger partial charge in [0.2, 0.25) is 0 Å². The van der Waals surface area contributed by atoms with Crippen LogP contribution in [0.5, 0.6) is 0 Å². The average molecular weight is 387 g/mol. The first-order valence-electron chi connectivity index (χ1n) is 5.77. The predicted molar refractivity (Wildman–Crippen MR) is 82.4 cm³/mol. The third kappa shape index (κ3) is 3.45. The van der Waals surface area contributed by atoms with Crippen molar-refractivity contribution in [1.29, 1.82) is 0 Å². The van der Waals surface area contributed by atoms with Gasteiger partial charge in [-0.2, -0.15) is 0 Å². The van der Waals surface area contributed by atoms with Crippen LogP contribution in [0.4, 0.5) is 5.82 Å². The third-order valence-electron chi connectivity index (χ3n) is 2.57. The Balaban J connectivity index is 2.22. The lowest BCUT2D eigenvalue weighted by molar-refractivity contribution is 0.101. The number of anilines is 1. The quantitative estimate of drug-likeness (QED) is 0.857. The Kier molecular flexibility index (Phi) is 4.42. The number of nitrogens with one attached hydrogen (secondary N) is 1. The fraction of sp³-hybridized carbons (Fsp3) is 0.231. The molecule has 0 atom stereocenters. The number of aromatic nitrogens is 2. The number of hydrogen-bond acceptors (Lipinski definition) is 2. The maximum atomic E-state index is 12.2. The molecule has 0 saturated carbocycles. The van der Waals surface area contributed by atoms with Gasteiger partial charge in [-0.1, -0.05) is 0 Å². The molecule has 2 aromatic heterocycles. The number of amides is 1. The van der Waals surface area contributed by atoms with E-state index in [1.54, 1.807) is 18.3 Å². The first kappa shape index (κ1) is 14.3. The molecule has 0 aliphatic rings. The highest BCUT2D eigenvalue weighted by atomic mass is 79.9. The van der Waals surface area contributed by atoms with E-state index >= 15 is 0 Å². The monoisotopic (exact) mass is 385 g/mol. The summed E-state index contributed by atoms with van der Waals surface area (Å²) in [5.74, 6) is 0.357. The van der Waals surface area contributed by atoms with E-state index in [0.29, 0.717) is 11.5 Å². The fourth-order valence-corrected chi connectivity index (χ4v) is 2.36. The summed E-state index contributed by atoms with van der Waals surface area (Å²) < 4.78 is 3.67. The summed E-state index contributed by atoms with van der Waals surface area (Å²) in [5.41, 5.74) is 0.603. The molecule has 0 aliphatic carbocycles. The lowest BCUT2D eigenvalue weighted by Crippen LogP contribution is -2.18. The van der Waals surface area contributed by atoms with E-state index in [-0.39, 0.29) is 11.9 Å². The number of rotatable bonds is 3. The first-order chi connectivity index (χ1) is 8.97. The Hall–Kier alpha value is -1.14. The molecular weight excluding hydrogens is 374 g/mol. The van der Waals surface area contributed by atoms with E-state index in [4.69, 9.17) is 0 Å². The third-order valence-corrected chi connectivity index (χ3v) is 3.48. The van der Waals surface area contributed by atoms with Crippen molar-refractivity contribution in [2.24, 2.45) is 0 Å². The fourth-order valence-electron chi connectivity index (χ4n) is 1.68. The molecule has 2 heterocycles. The Morgan fingerprint density at radius 3 is 2.63 bits per heavy atom. The van der Waals surface area contributed by atoms with Crippen LogP contribution in [0.15, 0.2) is 39.5 Å². The molecule has 0 aromatic carbocycles. The lowest BCUT2D eigenvalue weighted by Gasteiger charge is -2.12. The SMILES string of the molecule is CC(C)n1cc(Br)cc1C(=O)Nc1ccc(Br)cn1. The van der Waals surface area contributed by atoms with Crippen molar-refractivity contribution in [3.63, 3.8) is 0 Å². The summed E-state index contributed by atoms with van der Waals surface area (Å²) in [7, 11) is 0. The zero-order valence-corrected chi connectivity index (χ0v) is 13.7. The highest BCUT2D eigenvalue weighted by molar-refractivity contribution is 9.10. The first-order valence-corrected chi connectivity index (χ1v) is 7.36. The molecule has 2 aromatic rings. The molecule has 6 heteroatoms. The Labute approximate surface area is 128 Å². The summed E-state index contributed by atoms with van der Waals surface area (Å²) in [6.45, 7) is 4.06. The van der Waals surface area contributed by atoms with Crippen molar-refractivity contribution < 1.29 is 4.79 Å². The van der Waals surface area contributed by atoms with E-state index in [1.165, 1.54) is 0 Å². The number of carbonyl (C=O) groups is 1. The molecule has 1 amide bonds. The van der Waals surface area contributed by atoms with E-state index in [0.717, 1.165) is 8.95 Å². The van der Waals surface area contributed by atoms with Crippen LogP contribution in [0.25, 0.3) is 0 Å². The Morgan fingerprint density at radius 1 is 1.32 bits per heavy atom. The van der Waals surface area contributed by atoms with Crippen molar-refractivity contribution in [2.45, 2.75) is 19.9 Å². The maximum absolute atomic E-state index is 12.2. The molecule has 0 saturated heterocycles. The molecule has 100 valence electrons. The predicted octanol–water partition coefficient (Wildman–Crippen LogP) is 4.24. The molecule has 1 N–H and O–H groups in total. The van der Waals surface area contributed by atoms with E-state index in [1.807, 2.05) is 30.7 Å². The van der Waals surface area contributed by atoms with Crippen LogP contribution in [0, 0.1) is 0 Å². The van der Waals surface area contributed by atoms with Gasteiger partial charge in [0.1, 0.15) is 11.5 Å². The highest BCUT2D eigenvalue weighted by Crippen LogP contribution is 2.20. The second kappa shape index (κ2) is 5.88. The van der Waals surface area contributed by atoms with Gasteiger partial charge in [0.15, 0.2) is 0 Å². The highest BCUT2D eigenvalue weighted by Gasteiger charge is 2.15. The Morgan fingerprint density at radius 2 is 2.05 bits per heavy atom. The van der Waals surface area contributed by atoms with Gasteiger partial charge in [-0.3, -0.25) is 4.79 Å². The van der Waals surface area contributed by atoms with Crippen LogP contribution in [0.1, 0.15) is 30.4 Å². The van der Waals surface area contributed by atoms with Crippen molar-refractivity contribution in [2.75, 3.05) is 5.32 Å². The molecule has 0 spiro atoms. The second-order valence-corrected chi connectivity index (χ2v) is 6.19. The molecule has 2 rings (SSSR count). The normalized spacial score (nSPS) is 10.8. The van der Waals surface area contributed by atoms with E-state index < -0.39 is 0 Å². The molecule has 0 bridgehead atoms. The van der Waals surface area contributed by atoms with Crippen molar-refractivity contribution in [1.82, 2.24) is 9.55 Å². The van der Waals surface area contributed by atoms with Gasteiger partial charge in [0, 0.05) is 27.4 Å². The largest absolute Gasteiger partial charge is 0.340 e. The second-order valence-electron chi connectivity index (χ2n) is 4.36. The van der Waals surface area contributed by atoms with Gasteiger partial charge in [-0.25, -0.2) is 4.98 Å². The van der Waals surface area contributed by atoms with Crippen LogP contribution in [-0.4, -0.2) is 15.5 Å². The number of hydrogen-bond donors (Lipinski definition) is 1. The molecule has 0 fully saturated rings. The van der Waals surface area contributed by atoms with Crippen molar-refractivity contribution in [3.05, 3.63) is 45.2 Å². The number of carbonyl (C=O) groups excluding carboxylic acids is 1. The summed E-state index contributed by atoms with van der Waals surface area (Å²) in [6, 6.07) is 5.60. The van der Waals surface area contributed by atoms with Gasteiger partial charge in [-0.05, 0) is 63.9 Å². The smallest absolute Gasteiger partial charge is 0.273 e. The molecule has 4 nitrogen and oxygen atoms in total. The number of pyridine rings is 1. The van der Waals surface area contributed by atoms with Crippen LogP contribution >= 0.6 is 31.9 Å². The van der Waals surface area contributed by atoms with Gasteiger partial charge in [0.25, 0.3) is 5.91 Å². The minimum absolute atomic E-state index is 0.172. The molecule has 0 radical (unpaired) electrons. The minimum atomic E-state index is -0.172. The number of halogens is 2. The van der Waals surface area contributed by atoms with E-state index in [2.05, 4.69) is 42.2 Å². The van der Waals surface area contributed by atoms with Gasteiger partial charge >= 0.3 is 0 Å². The van der Waals surface area contributed by atoms with Crippen LogP contribution < -0.4 is 5.32 Å². The van der Waals surface area contributed by atoms with Gasteiger partial charge in [0.05, 0.1) is 0 Å². The van der Waals surface area contributed by atoms with Crippen LogP contribution in [0.3, 0.4) is 0 Å². The standard InChI is InChI=1S/C13H13Br2N3O/c1-8(2)18-7-10(15)5-11(18)13(19)17-12-4-3-9(14)6-16-12/h3-8H,1-2H3,(H,16,17,19). The summed E-state index contributed by atoms with van der Waals surface area (Å²) >= 11 is 6.70. The summed E-state index contributed by atoms with van der Waals surface area (Å²) in [4.78, 5) is 16.4.